The molecule has 1 N–H and O–H groups in total. The molecule has 1 fully saturated rings. The van der Waals surface area contributed by atoms with E-state index in [4.69, 9.17) is 16.7 Å². The van der Waals surface area contributed by atoms with Gasteiger partial charge < -0.3 is 14.9 Å². The Morgan fingerprint density at radius 1 is 0.857 bits per heavy atom. The van der Waals surface area contributed by atoms with E-state index in [1.807, 2.05) is 30.3 Å². The normalized spacial score (nSPS) is 15.3. The fraction of sp³-hybridized carbons (Fsp3) is 0.294. The second-order valence-electron chi connectivity index (χ2n) is 5.28. The van der Waals surface area contributed by atoms with Crippen LogP contribution in [0.4, 0.5) is 11.4 Å². The predicted molar refractivity (Wildman–Crippen MR) is 88.2 cm³/mol. The van der Waals surface area contributed by atoms with Gasteiger partial charge in [0.25, 0.3) is 0 Å². The molecule has 0 radical (unpaired) electrons. The predicted octanol–water partition coefficient (Wildman–Crippen LogP) is 3.16. The molecule has 1 saturated heterocycles. The lowest BCUT2D eigenvalue weighted by Crippen LogP contribution is -2.46. The van der Waals surface area contributed by atoms with Gasteiger partial charge in [-0.05, 0) is 35.9 Å². The molecule has 0 aromatic heterocycles. The van der Waals surface area contributed by atoms with Gasteiger partial charge in [-0.3, -0.25) is 0 Å². The average Bonchev–Trinajstić information content (AvgIpc) is 2.55. The van der Waals surface area contributed by atoms with Crippen LogP contribution in [-0.2, 0) is 6.61 Å². The van der Waals surface area contributed by atoms with Gasteiger partial charge in [0.05, 0.1) is 6.61 Å². The van der Waals surface area contributed by atoms with Gasteiger partial charge >= 0.3 is 0 Å². The molecule has 0 unspecified atom stereocenters. The van der Waals surface area contributed by atoms with Gasteiger partial charge in [0.15, 0.2) is 0 Å². The minimum Gasteiger partial charge on any atom is -0.392 e. The SMILES string of the molecule is OCc1ccc(N2CCN(c3cccc(Cl)c3)CC2)cc1. The highest BCUT2D eigenvalue weighted by atomic mass is 35.5. The van der Waals surface area contributed by atoms with Gasteiger partial charge in [0, 0.05) is 42.6 Å². The topological polar surface area (TPSA) is 26.7 Å². The third kappa shape index (κ3) is 3.31. The minimum atomic E-state index is 0.100. The Labute approximate surface area is 130 Å². The van der Waals surface area contributed by atoms with Crippen molar-refractivity contribution in [3.8, 4) is 0 Å². The summed E-state index contributed by atoms with van der Waals surface area (Å²) in [6.45, 7) is 4.06. The highest BCUT2D eigenvalue weighted by Gasteiger charge is 2.17. The molecule has 0 spiro atoms. The molecule has 0 bridgehead atoms. The zero-order valence-corrected chi connectivity index (χ0v) is 12.6. The third-order valence-corrected chi connectivity index (χ3v) is 4.17. The molecule has 4 heteroatoms. The Morgan fingerprint density at radius 2 is 1.48 bits per heavy atom. The van der Waals surface area contributed by atoms with Gasteiger partial charge in [-0.2, -0.15) is 0 Å². The number of halogens is 1. The summed E-state index contributed by atoms with van der Waals surface area (Å²) < 4.78 is 0. The number of hydrogen-bond acceptors (Lipinski definition) is 3. The lowest BCUT2D eigenvalue weighted by atomic mass is 10.2. The molecule has 1 heterocycles. The lowest BCUT2D eigenvalue weighted by molar-refractivity contribution is 0.282. The first kappa shape index (κ1) is 14.2. The largest absolute Gasteiger partial charge is 0.392 e. The molecule has 3 rings (SSSR count). The van der Waals surface area contributed by atoms with Crippen LogP contribution in [0, 0.1) is 0 Å². The minimum absolute atomic E-state index is 0.100. The van der Waals surface area contributed by atoms with Crippen molar-refractivity contribution in [1.82, 2.24) is 0 Å². The van der Waals surface area contributed by atoms with Crippen LogP contribution in [-0.4, -0.2) is 31.3 Å². The number of aliphatic hydroxyl groups is 1. The molecule has 0 aliphatic carbocycles. The van der Waals surface area contributed by atoms with Gasteiger partial charge in [-0.25, -0.2) is 0 Å². The first-order chi connectivity index (χ1) is 10.3. The Morgan fingerprint density at radius 3 is 2.05 bits per heavy atom. The van der Waals surface area contributed by atoms with Crippen LogP contribution in [0.1, 0.15) is 5.56 Å². The summed E-state index contributed by atoms with van der Waals surface area (Å²) in [6.07, 6.45) is 0. The first-order valence-corrected chi connectivity index (χ1v) is 7.59. The molecule has 0 amide bonds. The smallest absolute Gasteiger partial charge is 0.0681 e. The monoisotopic (exact) mass is 302 g/mol. The molecular formula is C17H19ClN2O. The van der Waals surface area contributed by atoms with Crippen LogP contribution in [0.2, 0.25) is 5.02 Å². The zero-order valence-electron chi connectivity index (χ0n) is 11.9. The summed E-state index contributed by atoms with van der Waals surface area (Å²) in [5.41, 5.74) is 3.37. The van der Waals surface area contributed by atoms with E-state index in [1.54, 1.807) is 0 Å². The standard InChI is InChI=1S/C17H19ClN2O/c18-15-2-1-3-17(12-15)20-10-8-19(9-11-20)16-6-4-14(13-21)5-7-16/h1-7,12,21H,8-11,13H2. The first-order valence-electron chi connectivity index (χ1n) is 7.21. The van der Waals surface area contributed by atoms with Crippen LogP contribution in [0.15, 0.2) is 48.5 Å². The van der Waals surface area contributed by atoms with E-state index in [0.717, 1.165) is 36.8 Å². The maximum absolute atomic E-state index is 9.09. The van der Waals surface area contributed by atoms with Crippen molar-refractivity contribution in [2.24, 2.45) is 0 Å². The van der Waals surface area contributed by atoms with E-state index in [-0.39, 0.29) is 6.61 Å². The summed E-state index contributed by atoms with van der Waals surface area (Å²) in [7, 11) is 0. The number of piperazine rings is 1. The lowest BCUT2D eigenvalue weighted by Gasteiger charge is -2.37. The summed E-state index contributed by atoms with van der Waals surface area (Å²) in [6, 6.07) is 16.2. The summed E-state index contributed by atoms with van der Waals surface area (Å²) in [5.74, 6) is 0. The van der Waals surface area contributed by atoms with Crippen LogP contribution < -0.4 is 9.80 Å². The van der Waals surface area contributed by atoms with Gasteiger partial charge in [-0.15, -0.1) is 0 Å². The molecule has 2 aromatic carbocycles. The summed E-state index contributed by atoms with van der Waals surface area (Å²) in [5, 5.41) is 9.88. The molecule has 110 valence electrons. The van der Waals surface area contributed by atoms with E-state index in [2.05, 4.69) is 28.0 Å². The Kier molecular flexibility index (Phi) is 4.32. The summed E-state index contributed by atoms with van der Waals surface area (Å²) >= 11 is 6.06. The molecule has 2 aromatic rings. The second kappa shape index (κ2) is 6.37. The van der Waals surface area contributed by atoms with Crippen molar-refractivity contribution >= 4 is 23.0 Å². The molecule has 0 saturated carbocycles. The highest BCUT2D eigenvalue weighted by molar-refractivity contribution is 6.30. The average molecular weight is 303 g/mol. The van der Waals surface area contributed by atoms with Crippen LogP contribution in [0.3, 0.4) is 0 Å². The van der Waals surface area contributed by atoms with Crippen molar-refractivity contribution in [2.75, 3.05) is 36.0 Å². The molecule has 1 aliphatic rings. The van der Waals surface area contributed by atoms with Crippen LogP contribution in [0.5, 0.6) is 0 Å². The van der Waals surface area contributed by atoms with E-state index in [9.17, 15) is 0 Å². The van der Waals surface area contributed by atoms with Crippen molar-refractivity contribution < 1.29 is 5.11 Å². The number of rotatable bonds is 3. The van der Waals surface area contributed by atoms with E-state index < -0.39 is 0 Å². The fourth-order valence-electron chi connectivity index (χ4n) is 2.71. The van der Waals surface area contributed by atoms with Crippen LogP contribution >= 0.6 is 11.6 Å². The number of hydrogen-bond donors (Lipinski definition) is 1. The summed E-state index contributed by atoms with van der Waals surface area (Å²) in [4.78, 5) is 4.74. The fourth-order valence-corrected chi connectivity index (χ4v) is 2.89. The van der Waals surface area contributed by atoms with E-state index in [1.165, 1.54) is 11.4 Å². The molecule has 21 heavy (non-hydrogen) atoms. The van der Waals surface area contributed by atoms with E-state index in [0.29, 0.717) is 0 Å². The van der Waals surface area contributed by atoms with Gasteiger partial charge in [-0.1, -0.05) is 29.8 Å². The Balaban J connectivity index is 1.64. The molecule has 1 aliphatic heterocycles. The Bertz CT molecular complexity index is 592. The number of anilines is 2. The Hall–Kier alpha value is -1.71. The van der Waals surface area contributed by atoms with Crippen LogP contribution in [0.25, 0.3) is 0 Å². The molecule has 3 nitrogen and oxygen atoms in total. The molecular weight excluding hydrogens is 284 g/mol. The maximum Gasteiger partial charge on any atom is 0.0681 e. The van der Waals surface area contributed by atoms with Crippen molar-refractivity contribution in [3.05, 3.63) is 59.1 Å². The second-order valence-corrected chi connectivity index (χ2v) is 5.71. The maximum atomic E-state index is 9.09. The number of aliphatic hydroxyl groups excluding tert-OH is 1. The van der Waals surface area contributed by atoms with E-state index >= 15 is 0 Å². The zero-order chi connectivity index (χ0) is 14.7. The molecule has 0 atom stereocenters. The highest BCUT2D eigenvalue weighted by Crippen LogP contribution is 2.23. The van der Waals surface area contributed by atoms with Crippen molar-refractivity contribution in [2.45, 2.75) is 6.61 Å². The number of benzene rings is 2. The number of nitrogens with zero attached hydrogens (tertiary/aromatic N) is 2. The van der Waals surface area contributed by atoms with Crippen molar-refractivity contribution in [1.29, 1.82) is 0 Å². The van der Waals surface area contributed by atoms with Crippen molar-refractivity contribution in [3.63, 3.8) is 0 Å². The van der Waals surface area contributed by atoms with Gasteiger partial charge in [0.1, 0.15) is 0 Å². The third-order valence-electron chi connectivity index (χ3n) is 3.94. The quantitative estimate of drug-likeness (QED) is 0.943. The van der Waals surface area contributed by atoms with Gasteiger partial charge in [0.2, 0.25) is 0 Å².